The lowest BCUT2D eigenvalue weighted by atomic mass is 9.87. The summed E-state index contributed by atoms with van der Waals surface area (Å²) in [5.74, 6) is -2.72. The number of thioether (sulfide) groups is 1. The summed E-state index contributed by atoms with van der Waals surface area (Å²) in [5, 5.41) is 1.91. The quantitative estimate of drug-likeness (QED) is 0.284. The molecule has 9 nitrogen and oxygen atoms in total. The lowest BCUT2D eigenvalue weighted by Crippen LogP contribution is -2.65. The third kappa shape index (κ3) is 4.42. The number of benzene rings is 2. The Balaban J connectivity index is 1.43. The zero-order valence-corrected chi connectivity index (χ0v) is 24.5. The van der Waals surface area contributed by atoms with Crippen LogP contribution in [0.1, 0.15) is 52.5 Å². The van der Waals surface area contributed by atoms with Gasteiger partial charge in [0.1, 0.15) is 6.17 Å². The number of hydrogen-bond donors (Lipinski definition) is 0. The third-order valence-electron chi connectivity index (χ3n) is 9.27. The average molecular weight is 628 g/mol. The van der Waals surface area contributed by atoms with Crippen molar-refractivity contribution >= 4 is 23.8 Å². The van der Waals surface area contributed by atoms with Gasteiger partial charge in [-0.1, -0.05) is 24.3 Å². The molecule has 2 fully saturated rings. The van der Waals surface area contributed by atoms with Crippen LogP contribution in [0, 0.1) is 23.0 Å². The summed E-state index contributed by atoms with van der Waals surface area (Å²) in [6.07, 6.45) is 1.67. The zero-order chi connectivity index (χ0) is 30.7. The predicted octanol–water partition coefficient (Wildman–Crippen LogP) is 5.13. The molecular weight excluding hydrogens is 599 g/mol. The molecule has 4 heterocycles. The fraction of sp³-hybridized carbons (Fsp3) is 0.387. The zero-order valence-electron chi connectivity index (χ0n) is 23.6. The van der Waals surface area contributed by atoms with E-state index in [1.54, 1.807) is 15.6 Å². The molecule has 0 radical (unpaired) electrons. The van der Waals surface area contributed by atoms with Crippen molar-refractivity contribution in [2.45, 2.75) is 42.1 Å². The van der Waals surface area contributed by atoms with Crippen LogP contribution in [0.5, 0.6) is 5.75 Å². The number of carbonyl (C=O) groups is 2. The largest absolute Gasteiger partial charge is 0.510 e. The number of fused-ring (bicyclic) bond motifs is 4. The van der Waals surface area contributed by atoms with Crippen LogP contribution in [0.3, 0.4) is 0 Å². The summed E-state index contributed by atoms with van der Waals surface area (Å²) in [6.45, 7) is -0.923. The molecule has 0 N–H and O–H groups in total. The highest BCUT2D eigenvalue weighted by atomic mass is 32.2. The maximum absolute atomic E-state index is 15.4. The van der Waals surface area contributed by atoms with Crippen molar-refractivity contribution < 1.29 is 37.0 Å². The van der Waals surface area contributed by atoms with Gasteiger partial charge in [0.05, 0.1) is 19.8 Å². The molecule has 2 unspecified atom stereocenters. The lowest BCUT2D eigenvalue weighted by molar-refractivity contribution is 0.0111. The molecule has 3 aromatic rings. The highest BCUT2D eigenvalue weighted by molar-refractivity contribution is 7.98. The van der Waals surface area contributed by atoms with E-state index in [2.05, 4.69) is 4.74 Å². The van der Waals surface area contributed by atoms with Crippen LogP contribution >= 0.6 is 11.8 Å². The minimum Gasteiger partial charge on any atom is -0.451 e. The number of pyridine rings is 1. The van der Waals surface area contributed by atoms with E-state index in [9.17, 15) is 23.2 Å². The van der Waals surface area contributed by atoms with Crippen molar-refractivity contribution in [3.63, 3.8) is 0 Å². The highest BCUT2D eigenvalue weighted by Gasteiger charge is 2.60. The van der Waals surface area contributed by atoms with E-state index in [1.165, 1.54) is 24.0 Å². The van der Waals surface area contributed by atoms with Gasteiger partial charge in [-0.25, -0.2) is 13.6 Å². The molecule has 4 atom stereocenters. The van der Waals surface area contributed by atoms with E-state index in [1.807, 2.05) is 29.3 Å². The van der Waals surface area contributed by atoms with Gasteiger partial charge in [-0.3, -0.25) is 23.7 Å². The van der Waals surface area contributed by atoms with Crippen LogP contribution in [-0.4, -0.2) is 54.9 Å². The van der Waals surface area contributed by atoms with Gasteiger partial charge in [-0.05, 0) is 53.9 Å². The van der Waals surface area contributed by atoms with Gasteiger partial charge >= 0.3 is 6.16 Å². The van der Waals surface area contributed by atoms with Gasteiger partial charge in [0.2, 0.25) is 18.0 Å². The van der Waals surface area contributed by atoms with Crippen molar-refractivity contribution in [3.05, 3.63) is 92.9 Å². The van der Waals surface area contributed by atoms with Crippen LogP contribution in [0.4, 0.5) is 18.0 Å². The van der Waals surface area contributed by atoms with Crippen LogP contribution in [0.25, 0.3) is 0 Å². The molecule has 4 aliphatic rings. The highest BCUT2D eigenvalue weighted by Crippen LogP contribution is 2.60. The Labute approximate surface area is 254 Å². The van der Waals surface area contributed by atoms with Gasteiger partial charge in [0, 0.05) is 35.0 Å². The first-order valence-electron chi connectivity index (χ1n) is 14.2. The molecule has 13 heteroatoms. The van der Waals surface area contributed by atoms with Gasteiger partial charge in [0.15, 0.2) is 17.3 Å². The minimum absolute atomic E-state index is 0.116. The minimum atomic E-state index is -1.04. The number of halogens is 3. The number of methoxy groups -OCH3 is 1. The van der Waals surface area contributed by atoms with E-state index < -0.39 is 54.8 Å². The van der Waals surface area contributed by atoms with Crippen molar-refractivity contribution in [1.29, 1.82) is 0 Å². The maximum Gasteiger partial charge on any atom is 0.510 e. The molecule has 3 aliphatic heterocycles. The van der Waals surface area contributed by atoms with Gasteiger partial charge in [0.25, 0.3) is 5.91 Å². The molecule has 7 rings (SSSR count). The fourth-order valence-electron chi connectivity index (χ4n) is 6.99. The number of hydrogen-bond acceptors (Lipinski definition) is 8. The number of rotatable bonds is 5. The Morgan fingerprint density at radius 1 is 1.11 bits per heavy atom. The monoisotopic (exact) mass is 627 g/mol. The summed E-state index contributed by atoms with van der Waals surface area (Å²) in [5.41, 5.74) is 0.425. The lowest BCUT2D eigenvalue weighted by Gasteiger charge is -2.53. The van der Waals surface area contributed by atoms with Crippen LogP contribution in [0.15, 0.2) is 58.4 Å². The van der Waals surface area contributed by atoms with Crippen molar-refractivity contribution in [1.82, 2.24) is 9.58 Å². The van der Waals surface area contributed by atoms with Crippen LogP contribution in [-0.2, 0) is 15.2 Å². The van der Waals surface area contributed by atoms with E-state index in [-0.39, 0.29) is 40.6 Å². The number of alkyl halides is 1. The molecule has 0 bridgehead atoms. The second-order valence-electron chi connectivity index (χ2n) is 11.5. The summed E-state index contributed by atoms with van der Waals surface area (Å²) >= 11 is 1.39. The second kappa shape index (κ2) is 10.8. The van der Waals surface area contributed by atoms with E-state index in [4.69, 9.17) is 9.47 Å². The number of ether oxygens (including phenoxy) is 3. The SMILES string of the molecule is COC(=O)OCOc1c2n(ccc1=O)N([C@@H]1c3ccccc3SCc3c1ccc(F)c3F)[C@@H]1CCC3(CC3CF)CN1C2=O. The summed E-state index contributed by atoms with van der Waals surface area (Å²) in [4.78, 5) is 41.5. The van der Waals surface area contributed by atoms with E-state index in [0.29, 0.717) is 24.8 Å². The van der Waals surface area contributed by atoms with Crippen molar-refractivity contribution in [2.75, 3.05) is 32.1 Å². The third-order valence-corrected chi connectivity index (χ3v) is 10.4. The molecule has 1 amide bonds. The smallest absolute Gasteiger partial charge is 0.451 e. The first-order chi connectivity index (χ1) is 21.3. The Morgan fingerprint density at radius 2 is 1.93 bits per heavy atom. The number of aromatic nitrogens is 1. The summed E-state index contributed by atoms with van der Waals surface area (Å²) in [6, 6.07) is 10.8. The molecule has 1 aromatic heterocycles. The molecule has 2 aromatic carbocycles. The number of amides is 1. The van der Waals surface area contributed by atoms with Gasteiger partial charge in [-0.2, -0.15) is 0 Å². The standard InChI is InChI=1S/C31H28F3N3O6S/c1-41-30(40)43-16-42-28-22(38)9-11-36-27(28)29(39)35-15-31(12-17(31)13-32)10-8-24(35)37(36)26-18-6-7-21(33)25(34)20(18)14-44-23-5-3-2-4-19(23)26/h2-7,9,11,17,24,26H,8,10,12-16H2,1H3/t17?,24-,26+,31?/m1/s1. The molecule has 230 valence electrons. The van der Waals surface area contributed by atoms with Crippen LogP contribution in [0.2, 0.25) is 0 Å². The molecule has 44 heavy (non-hydrogen) atoms. The molecule has 1 aliphatic carbocycles. The van der Waals surface area contributed by atoms with Crippen LogP contribution < -0.4 is 15.2 Å². The fourth-order valence-corrected chi connectivity index (χ4v) is 8.10. The average Bonchev–Trinajstić information content (AvgIpc) is 3.75. The topological polar surface area (TPSA) is 90.3 Å². The molecule has 1 saturated heterocycles. The molecule has 1 saturated carbocycles. The number of carbonyl (C=O) groups excluding carboxylic acids is 2. The summed E-state index contributed by atoms with van der Waals surface area (Å²) in [7, 11) is 1.12. The maximum atomic E-state index is 15.4. The van der Waals surface area contributed by atoms with E-state index in [0.717, 1.165) is 23.6 Å². The number of piperidine rings is 1. The van der Waals surface area contributed by atoms with Gasteiger partial charge < -0.3 is 19.1 Å². The Morgan fingerprint density at radius 3 is 2.70 bits per heavy atom. The van der Waals surface area contributed by atoms with Crippen molar-refractivity contribution in [2.24, 2.45) is 11.3 Å². The van der Waals surface area contributed by atoms with Gasteiger partial charge in [-0.15, -0.1) is 11.8 Å². The molecular formula is C31H28F3N3O6S. The number of nitrogens with zero attached hydrogens (tertiary/aromatic N) is 3. The van der Waals surface area contributed by atoms with Crippen molar-refractivity contribution in [3.8, 4) is 5.75 Å². The Hall–Kier alpha value is -4.13. The Kier molecular flexibility index (Phi) is 7.02. The summed E-state index contributed by atoms with van der Waals surface area (Å²) < 4.78 is 60.3. The first-order valence-corrected chi connectivity index (χ1v) is 15.2. The van der Waals surface area contributed by atoms with E-state index >= 15 is 4.39 Å². The Bertz CT molecular complexity index is 1740. The second-order valence-corrected chi connectivity index (χ2v) is 12.5. The first kappa shape index (κ1) is 28.6. The molecule has 1 spiro atoms. The normalized spacial score (nSPS) is 24.9. The predicted molar refractivity (Wildman–Crippen MR) is 153 cm³/mol.